The van der Waals surface area contributed by atoms with Gasteiger partial charge in [0.15, 0.2) is 0 Å². The predicted octanol–water partition coefficient (Wildman–Crippen LogP) is 1.40. The lowest BCUT2D eigenvalue weighted by molar-refractivity contribution is 0.0834. The molecular formula is C14H29N3. The minimum Gasteiger partial charge on any atom is -0.316 e. The van der Waals surface area contributed by atoms with E-state index < -0.39 is 0 Å². The maximum atomic E-state index is 3.54. The van der Waals surface area contributed by atoms with Crippen LogP contribution in [0.5, 0.6) is 0 Å². The van der Waals surface area contributed by atoms with Gasteiger partial charge in [-0.15, -0.1) is 0 Å². The molecule has 0 aromatic heterocycles. The molecule has 2 heterocycles. The summed E-state index contributed by atoms with van der Waals surface area (Å²) in [5, 5.41) is 3.54. The Hall–Kier alpha value is -0.120. The number of piperidine rings is 1. The second-order valence-electron chi connectivity index (χ2n) is 5.85. The first kappa shape index (κ1) is 13.3. The van der Waals surface area contributed by atoms with E-state index in [0.717, 1.165) is 12.0 Å². The number of rotatable bonds is 2. The van der Waals surface area contributed by atoms with Crippen LogP contribution in [-0.2, 0) is 0 Å². The van der Waals surface area contributed by atoms with Gasteiger partial charge in [-0.3, -0.25) is 4.90 Å². The Labute approximate surface area is 107 Å². The Morgan fingerprint density at radius 2 is 2.06 bits per heavy atom. The topological polar surface area (TPSA) is 18.5 Å². The van der Waals surface area contributed by atoms with E-state index >= 15 is 0 Å². The van der Waals surface area contributed by atoms with Gasteiger partial charge in [-0.05, 0) is 57.9 Å². The van der Waals surface area contributed by atoms with Crippen LogP contribution in [-0.4, -0.2) is 61.7 Å². The maximum absolute atomic E-state index is 3.54. The average Bonchev–Trinajstić information content (AvgIpc) is 2.33. The molecule has 2 saturated heterocycles. The Morgan fingerprint density at radius 1 is 1.18 bits per heavy atom. The molecule has 3 heteroatoms. The van der Waals surface area contributed by atoms with Gasteiger partial charge in [0.05, 0.1) is 0 Å². The van der Waals surface area contributed by atoms with Crippen molar-refractivity contribution in [2.24, 2.45) is 5.92 Å². The maximum Gasteiger partial charge on any atom is 0.0223 e. The monoisotopic (exact) mass is 239 g/mol. The summed E-state index contributed by atoms with van der Waals surface area (Å²) < 4.78 is 0. The zero-order valence-corrected chi connectivity index (χ0v) is 11.6. The van der Waals surface area contributed by atoms with Crippen molar-refractivity contribution in [1.82, 2.24) is 15.1 Å². The Morgan fingerprint density at radius 3 is 2.88 bits per heavy atom. The fourth-order valence-corrected chi connectivity index (χ4v) is 3.26. The van der Waals surface area contributed by atoms with Crippen LogP contribution in [0.3, 0.4) is 0 Å². The van der Waals surface area contributed by atoms with E-state index in [1.165, 1.54) is 65.1 Å². The highest BCUT2D eigenvalue weighted by Gasteiger charge is 2.25. The first-order chi connectivity index (χ1) is 8.29. The van der Waals surface area contributed by atoms with Crippen LogP contribution in [0.15, 0.2) is 0 Å². The van der Waals surface area contributed by atoms with E-state index in [4.69, 9.17) is 0 Å². The van der Waals surface area contributed by atoms with Crippen LogP contribution in [0, 0.1) is 5.92 Å². The lowest BCUT2D eigenvalue weighted by Gasteiger charge is -2.41. The van der Waals surface area contributed by atoms with Gasteiger partial charge in [0.25, 0.3) is 0 Å². The molecule has 2 unspecified atom stereocenters. The van der Waals surface area contributed by atoms with Gasteiger partial charge in [0.2, 0.25) is 0 Å². The molecule has 2 aliphatic heterocycles. The van der Waals surface area contributed by atoms with Crippen molar-refractivity contribution in [3.8, 4) is 0 Å². The summed E-state index contributed by atoms with van der Waals surface area (Å²) in [6.45, 7) is 13.5. The highest BCUT2D eigenvalue weighted by atomic mass is 15.2. The Bertz CT molecular complexity index is 220. The summed E-state index contributed by atoms with van der Waals surface area (Å²) in [6, 6.07) is 0.823. The van der Waals surface area contributed by atoms with Crippen LogP contribution in [0.25, 0.3) is 0 Å². The van der Waals surface area contributed by atoms with E-state index in [1.54, 1.807) is 0 Å². The lowest BCUT2D eigenvalue weighted by atomic mass is 10.0. The molecule has 2 rings (SSSR count). The molecule has 0 radical (unpaired) electrons. The number of nitrogens with zero attached hydrogens (tertiary/aromatic N) is 2. The molecule has 0 saturated carbocycles. The molecule has 2 atom stereocenters. The third-order valence-electron chi connectivity index (χ3n) is 4.28. The molecule has 0 aliphatic carbocycles. The average molecular weight is 239 g/mol. The number of hydrogen-bond acceptors (Lipinski definition) is 3. The van der Waals surface area contributed by atoms with Crippen LogP contribution < -0.4 is 5.32 Å². The summed E-state index contributed by atoms with van der Waals surface area (Å²) in [7, 11) is 0. The van der Waals surface area contributed by atoms with Crippen molar-refractivity contribution in [3.05, 3.63) is 0 Å². The molecule has 0 amide bonds. The third kappa shape index (κ3) is 3.94. The van der Waals surface area contributed by atoms with Crippen molar-refractivity contribution in [1.29, 1.82) is 0 Å². The summed E-state index contributed by atoms with van der Waals surface area (Å²) in [4.78, 5) is 5.39. The molecule has 2 aliphatic rings. The first-order valence-corrected chi connectivity index (χ1v) is 7.46. The van der Waals surface area contributed by atoms with Crippen LogP contribution in [0.1, 0.15) is 33.1 Å². The van der Waals surface area contributed by atoms with Gasteiger partial charge in [0.1, 0.15) is 0 Å². The standard InChI is InChI=1S/C14H29N3/c1-3-16-8-4-6-14(12-16)17-9-5-7-15-10-13(2)11-17/h13-15H,3-12H2,1-2H3. The molecule has 0 aromatic carbocycles. The van der Waals surface area contributed by atoms with E-state index in [9.17, 15) is 0 Å². The smallest absolute Gasteiger partial charge is 0.0223 e. The molecule has 0 bridgehead atoms. The van der Waals surface area contributed by atoms with Crippen LogP contribution in [0.2, 0.25) is 0 Å². The van der Waals surface area contributed by atoms with Gasteiger partial charge in [-0.2, -0.15) is 0 Å². The Balaban J connectivity index is 1.89. The summed E-state index contributed by atoms with van der Waals surface area (Å²) >= 11 is 0. The molecule has 1 N–H and O–H groups in total. The molecule has 100 valence electrons. The second kappa shape index (κ2) is 6.72. The first-order valence-electron chi connectivity index (χ1n) is 7.46. The molecule has 0 spiro atoms. The van der Waals surface area contributed by atoms with Crippen LogP contribution >= 0.6 is 0 Å². The van der Waals surface area contributed by atoms with Gasteiger partial charge in [-0.1, -0.05) is 13.8 Å². The van der Waals surface area contributed by atoms with Crippen molar-refractivity contribution < 1.29 is 0 Å². The summed E-state index contributed by atoms with van der Waals surface area (Å²) in [6.07, 6.45) is 4.12. The molecular weight excluding hydrogens is 210 g/mol. The van der Waals surface area contributed by atoms with E-state index in [0.29, 0.717) is 0 Å². The third-order valence-corrected chi connectivity index (χ3v) is 4.28. The molecule has 2 fully saturated rings. The summed E-state index contributed by atoms with van der Waals surface area (Å²) in [5.41, 5.74) is 0. The van der Waals surface area contributed by atoms with Crippen LogP contribution in [0.4, 0.5) is 0 Å². The molecule has 17 heavy (non-hydrogen) atoms. The Kier molecular flexibility index (Phi) is 5.26. The number of likely N-dealkylation sites (tertiary alicyclic amines) is 1. The van der Waals surface area contributed by atoms with E-state index in [1.807, 2.05) is 0 Å². The van der Waals surface area contributed by atoms with Gasteiger partial charge in [0, 0.05) is 19.1 Å². The van der Waals surface area contributed by atoms with Crippen molar-refractivity contribution in [3.63, 3.8) is 0 Å². The van der Waals surface area contributed by atoms with E-state index in [2.05, 4.69) is 29.0 Å². The highest BCUT2D eigenvalue weighted by molar-refractivity contribution is 4.82. The zero-order chi connectivity index (χ0) is 12.1. The highest BCUT2D eigenvalue weighted by Crippen LogP contribution is 2.18. The molecule has 3 nitrogen and oxygen atoms in total. The van der Waals surface area contributed by atoms with Crippen molar-refractivity contribution in [2.75, 3.05) is 45.8 Å². The zero-order valence-electron chi connectivity index (χ0n) is 11.6. The quantitative estimate of drug-likeness (QED) is 0.786. The van der Waals surface area contributed by atoms with E-state index in [-0.39, 0.29) is 0 Å². The van der Waals surface area contributed by atoms with Gasteiger partial charge in [-0.25, -0.2) is 0 Å². The summed E-state index contributed by atoms with van der Waals surface area (Å²) in [5.74, 6) is 0.798. The lowest BCUT2D eigenvalue weighted by Crippen LogP contribution is -2.51. The second-order valence-corrected chi connectivity index (χ2v) is 5.85. The number of nitrogens with one attached hydrogen (secondary N) is 1. The van der Waals surface area contributed by atoms with Gasteiger partial charge < -0.3 is 10.2 Å². The minimum atomic E-state index is 0.798. The largest absolute Gasteiger partial charge is 0.316 e. The van der Waals surface area contributed by atoms with Crippen molar-refractivity contribution >= 4 is 0 Å². The fourth-order valence-electron chi connectivity index (χ4n) is 3.26. The van der Waals surface area contributed by atoms with Gasteiger partial charge >= 0.3 is 0 Å². The normalized spacial score (nSPS) is 34.2. The van der Waals surface area contributed by atoms with Crippen molar-refractivity contribution in [2.45, 2.75) is 39.2 Å². The predicted molar refractivity (Wildman–Crippen MR) is 73.4 cm³/mol. The number of likely N-dealkylation sites (N-methyl/N-ethyl adjacent to an activating group) is 1. The SMILES string of the molecule is CCN1CCCC(N2CCCNCC(C)C2)C1. The number of hydrogen-bond donors (Lipinski definition) is 1. The fraction of sp³-hybridized carbons (Fsp3) is 1.00. The minimum absolute atomic E-state index is 0.798. The molecule has 0 aromatic rings.